The highest BCUT2D eigenvalue weighted by Gasteiger charge is 2.36. The molecule has 0 bridgehead atoms. The minimum atomic E-state index is -4.12. The molecule has 0 unspecified atom stereocenters. The molecule has 0 aliphatic carbocycles. The van der Waals surface area contributed by atoms with Crippen molar-refractivity contribution >= 4 is 37.2 Å². The first-order chi connectivity index (χ1) is 14.7. The molecule has 2 rings (SSSR count). The SMILES string of the molecule is CCCCC(=O)c1cc2c(c(N(S(=O)(=O)CCCC)S(=O)(=O)CCCC)c1)NCCC2. The number of rotatable bonds is 13. The average Bonchev–Trinajstić information content (AvgIpc) is 2.74. The number of benzene rings is 1. The van der Waals surface area contributed by atoms with Gasteiger partial charge in [-0.15, -0.1) is 0 Å². The van der Waals surface area contributed by atoms with Crippen LogP contribution in [-0.4, -0.2) is 40.7 Å². The van der Waals surface area contributed by atoms with E-state index in [1.807, 2.05) is 20.8 Å². The number of carbonyl (C=O) groups excluding carboxylic acids is 1. The number of nitrogens with one attached hydrogen (secondary N) is 1. The maximum atomic E-state index is 13.3. The second kappa shape index (κ2) is 11.3. The zero-order chi connectivity index (χ0) is 23.1. The van der Waals surface area contributed by atoms with Crippen molar-refractivity contribution in [1.29, 1.82) is 0 Å². The molecule has 1 aromatic carbocycles. The van der Waals surface area contributed by atoms with Crippen LogP contribution < -0.4 is 9.03 Å². The van der Waals surface area contributed by atoms with Crippen LogP contribution in [0.3, 0.4) is 0 Å². The molecule has 0 saturated heterocycles. The molecule has 1 N–H and O–H groups in total. The molecule has 9 heteroatoms. The third-order valence-corrected chi connectivity index (χ3v) is 9.79. The van der Waals surface area contributed by atoms with E-state index in [1.165, 1.54) is 6.07 Å². The Kier molecular flexibility index (Phi) is 9.36. The van der Waals surface area contributed by atoms with E-state index in [9.17, 15) is 21.6 Å². The fraction of sp³-hybridized carbons (Fsp3) is 0.682. The minimum Gasteiger partial charge on any atom is -0.383 e. The number of fused-ring (bicyclic) bond motifs is 1. The van der Waals surface area contributed by atoms with Gasteiger partial charge in [-0.3, -0.25) is 4.79 Å². The highest BCUT2D eigenvalue weighted by Crippen LogP contribution is 2.38. The van der Waals surface area contributed by atoms with Gasteiger partial charge in [0.1, 0.15) is 0 Å². The maximum Gasteiger partial charge on any atom is 0.248 e. The van der Waals surface area contributed by atoms with Gasteiger partial charge >= 0.3 is 0 Å². The molecule has 1 aliphatic rings. The second-order valence-electron chi connectivity index (χ2n) is 8.12. The van der Waals surface area contributed by atoms with Crippen LogP contribution in [0.5, 0.6) is 0 Å². The van der Waals surface area contributed by atoms with Crippen LogP contribution in [0.25, 0.3) is 0 Å². The molecule has 7 nitrogen and oxygen atoms in total. The van der Waals surface area contributed by atoms with Gasteiger partial charge in [-0.25, -0.2) is 16.8 Å². The quantitative estimate of drug-likeness (QED) is 0.425. The predicted molar refractivity (Wildman–Crippen MR) is 127 cm³/mol. The van der Waals surface area contributed by atoms with E-state index in [4.69, 9.17) is 0 Å². The first kappa shape index (κ1) is 25.6. The van der Waals surface area contributed by atoms with Crippen LogP contribution in [-0.2, 0) is 26.5 Å². The molecule has 1 aliphatic heterocycles. The van der Waals surface area contributed by atoms with Crippen LogP contribution in [0, 0.1) is 0 Å². The molecule has 0 spiro atoms. The predicted octanol–water partition coefficient (Wildman–Crippen LogP) is 4.48. The number of hydrogen-bond donors (Lipinski definition) is 1. The molecular weight excluding hydrogens is 436 g/mol. The summed E-state index contributed by atoms with van der Waals surface area (Å²) >= 11 is 0. The summed E-state index contributed by atoms with van der Waals surface area (Å²) in [5, 5.41) is 3.20. The minimum absolute atomic E-state index is 0.0734. The van der Waals surface area contributed by atoms with Crippen molar-refractivity contribution in [3.8, 4) is 0 Å². The molecule has 0 amide bonds. The number of Topliss-reactive ketones (excluding diaryl/α,β-unsaturated/α-hetero) is 1. The van der Waals surface area contributed by atoms with E-state index in [2.05, 4.69) is 5.32 Å². The van der Waals surface area contributed by atoms with E-state index in [0.29, 0.717) is 60.0 Å². The van der Waals surface area contributed by atoms with E-state index in [0.717, 1.165) is 24.8 Å². The molecule has 0 fully saturated rings. The Labute approximate surface area is 187 Å². The number of carbonyl (C=O) groups is 1. The van der Waals surface area contributed by atoms with Crippen molar-refractivity contribution in [2.24, 2.45) is 0 Å². The zero-order valence-corrected chi connectivity index (χ0v) is 20.6. The summed E-state index contributed by atoms with van der Waals surface area (Å²) in [6.45, 7) is 6.35. The molecule has 31 heavy (non-hydrogen) atoms. The van der Waals surface area contributed by atoms with E-state index >= 15 is 0 Å². The highest BCUT2D eigenvalue weighted by atomic mass is 32.3. The number of nitrogens with zero attached hydrogens (tertiary/aromatic N) is 1. The Morgan fingerprint density at radius 1 is 0.935 bits per heavy atom. The number of ketones is 1. The molecular formula is C22H36N2O5S2. The Morgan fingerprint density at radius 2 is 1.52 bits per heavy atom. The van der Waals surface area contributed by atoms with Gasteiger partial charge in [0.2, 0.25) is 20.0 Å². The zero-order valence-electron chi connectivity index (χ0n) is 18.9. The van der Waals surface area contributed by atoms with Gasteiger partial charge in [-0.05, 0) is 49.8 Å². The van der Waals surface area contributed by atoms with E-state index in [-0.39, 0.29) is 23.0 Å². The second-order valence-corrected chi connectivity index (χ2v) is 12.2. The lowest BCUT2D eigenvalue weighted by molar-refractivity contribution is 0.0979. The monoisotopic (exact) mass is 472 g/mol. The van der Waals surface area contributed by atoms with Crippen molar-refractivity contribution in [2.45, 2.75) is 78.6 Å². The summed E-state index contributed by atoms with van der Waals surface area (Å²) in [5.41, 5.74) is 1.76. The van der Waals surface area contributed by atoms with Crippen LogP contribution in [0.15, 0.2) is 12.1 Å². The van der Waals surface area contributed by atoms with E-state index < -0.39 is 20.0 Å². The number of hydrogen-bond acceptors (Lipinski definition) is 6. The topological polar surface area (TPSA) is 101 Å². The third kappa shape index (κ3) is 6.44. The Morgan fingerprint density at radius 3 is 2.06 bits per heavy atom. The molecule has 0 radical (unpaired) electrons. The van der Waals surface area contributed by atoms with Crippen molar-refractivity contribution < 1.29 is 21.6 Å². The third-order valence-electron chi connectivity index (χ3n) is 5.42. The Balaban J connectivity index is 2.69. The van der Waals surface area contributed by atoms with Gasteiger partial charge in [0, 0.05) is 18.5 Å². The standard InChI is InChI=1S/C22H36N2O5S2/c1-4-7-12-21(25)19-16-18-11-10-13-23-22(18)20(17-19)24(30(26,27)14-8-5-2)31(28,29)15-9-6-3/h16-17,23H,4-15H2,1-3H3. The van der Waals surface area contributed by atoms with E-state index in [1.54, 1.807) is 6.07 Å². The normalized spacial score (nSPS) is 14.0. The lowest BCUT2D eigenvalue weighted by Crippen LogP contribution is -2.41. The molecule has 176 valence electrons. The summed E-state index contributed by atoms with van der Waals surface area (Å²) in [7, 11) is -8.25. The number of aryl methyl sites for hydroxylation is 1. The lowest BCUT2D eigenvalue weighted by atomic mass is 9.96. The van der Waals surface area contributed by atoms with Gasteiger partial charge in [0.15, 0.2) is 5.78 Å². The Hall–Kier alpha value is -1.61. The van der Waals surface area contributed by atoms with Crippen molar-refractivity contribution in [1.82, 2.24) is 0 Å². The van der Waals surface area contributed by atoms with Gasteiger partial charge < -0.3 is 5.32 Å². The summed E-state index contributed by atoms with van der Waals surface area (Å²) in [6, 6.07) is 3.25. The summed E-state index contributed by atoms with van der Waals surface area (Å²) in [4.78, 5) is 12.8. The smallest absolute Gasteiger partial charge is 0.248 e. The molecule has 0 aromatic heterocycles. The summed E-state index contributed by atoms with van der Waals surface area (Å²) in [6.07, 6.45) is 5.46. The molecule has 0 atom stereocenters. The first-order valence-electron chi connectivity index (χ1n) is 11.4. The largest absolute Gasteiger partial charge is 0.383 e. The van der Waals surface area contributed by atoms with Gasteiger partial charge in [-0.1, -0.05) is 40.0 Å². The van der Waals surface area contributed by atoms with Crippen LogP contribution >= 0.6 is 0 Å². The van der Waals surface area contributed by atoms with Crippen LogP contribution in [0.4, 0.5) is 11.4 Å². The fourth-order valence-corrected chi connectivity index (χ4v) is 8.02. The highest BCUT2D eigenvalue weighted by molar-refractivity contribution is 8.10. The lowest BCUT2D eigenvalue weighted by Gasteiger charge is -2.30. The van der Waals surface area contributed by atoms with Gasteiger partial charge in [0.05, 0.1) is 22.9 Å². The fourth-order valence-electron chi connectivity index (χ4n) is 3.66. The Bertz CT molecular complexity index is 934. The number of unbranched alkanes of at least 4 members (excludes halogenated alkanes) is 3. The number of anilines is 2. The average molecular weight is 473 g/mol. The van der Waals surface area contributed by atoms with Crippen LogP contribution in [0.1, 0.15) is 88.1 Å². The van der Waals surface area contributed by atoms with Gasteiger partial charge in [-0.2, -0.15) is 3.71 Å². The molecule has 0 saturated carbocycles. The number of sulfonamides is 2. The molecule has 1 heterocycles. The van der Waals surface area contributed by atoms with Crippen molar-refractivity contribution in [3.05, 3.63) is 23.3 Å². The molecule has 1 aromatic rings. The summed E-state index contributed by atoms with van der Waals surface area (Å²) < 4.78 is 53.7. The summed E-state index contributed by atoms with van der Waals surface area (Å²) in [5.74, 6) is -0.594. The maximum absolute atomic E-state index is 13.3. The van der Waals surface area contributed by atoms with Crippen molar-refractivity contribution in [3.63, 3.8) is 0 Å². The van der Waals surface area contributed by atoms with Gasteiger partial charge in [0.25, 0.3) is 0 Å². The van der Waals surface area contributed by atoms with Crippen LogP contribution in [0.2, 0.25) is 0 Å². The first-order valence-corrected chi connectivity index (χ1v) is 14.6. The van der Waals surface area contributed by atoms with Crippen molar-refractivity contribution in [2.75, 3.05) is 27.1 Å².